The first-order valence-corrected chi connectivity index (χ1v) is 13.4. The second-order valence-corrected chi connectivity index (χ2v) is 12.0. The van der Waals surface area contributed by atoms with E-state index in [2.05, 4.69) is 10.6 Å². The van der Waals surface area contributed by atoms with Crippen molar-refractivity contribution in [3.63, 3.8) is 0 Å². The van der Waals surface area contributed by atoms with Crippen LogP contribution in [0.25, 0.3) is 0 Å². The van der Waals surface area contributed by atoms with Crippen molar-refractivity contribution in [2.75, 3.05) is 13.2 Å². The molecule has 0 aliphatic rings. The smallest absolute Gasteiger partial charge is 0.408 e. The number of carbonyl (C=O) groups is 4. The molecule has 0 spiro atoms. The molecule has 2 N–H and O–H groups in total. The fraction of sp³-hybridized carbons (Fsp3) is 0.786. The lowest BCUT2D eigenvalue weighted by Crippen LogP contribution is -2.45. The molecule has 0 bridgehead atoms. The van der Waals surface area contributed by atoms with Crippen LogP contribution in [0.2, 0.25) is 0 Å². The highest BCUT2D eigenvalue weighted by molar-refractivity contribution is 5.82. The zero-order valence-electron chi connectivity index (χ0n) is 25.0. The van der Waals surface area contributed by atoms with Crippen molar-refractivity contribution >= 4 is 24.1 Å². The molecule has 220 valence electrons. The van der Waals surface area contributed by atoms with Crippen molar-refractivity contribution in [1.82, 2.24) is 10.6 Å². The Morgan fingerprint density at radius 3 is 1.21 bits per heavy atom. The van der Waals surface area contributed by atoms with E-state index in [0.717, 1.165) is 0 Å². The van der Waals surface area contributed by atoms with Gasteiger partial charge < -0.3 is 29.6 Å². The molecule has 0 unspecified atom stereocenters. The maximum atomic E-state index is 12.5. The Bertz CT molecular complexity index is 715. The standard InChI is InChI=1S/C28H50N2O8/c1-19(2)17-21(29-25(33)37-27(5,6)7)23(31)35-15-13-11-12-14-16-36-24(32)22(18-20(3)4)30-26(34)38-28(8,9)10/h11-12,19-22H,13-18H2,1-10H3,(H,29,33)(H,30,34)/b12-11+/t21-,22-/m0/s1. The van der Waals surface area contributed by atoms with Crippen LogP contribution in [0, 0.1) is 11.8 Å². The Kier molecular flexibility index (Phi) is 15.7. The van der Waals surface area contributed by atoms with Crippen LogP contribution in [0.3, 0.4) is 0 Å². The molecule has 0 heterocycles. The van der Waals surface area contributed by atoms with Gasteiger partial charge >= 0.3 is 24.1 Å². The van der Waals surface area contributed by atoms with Gasteiger partial charge in [-0.1, -0.05) is 39.8 Å². The number of hydrogen-bond donors (Lipinski definition) is 2. The molecule has 2 atom stereocenters. The number of carbonyl (C=O) groups excluding carboxylic acids is 4. The van der Waals surface area contributed by atoms with E-state index >= 15 is 0 Å². The van der Waals surface area contributed by atoms with Crippen LogP contribution in [0.4, 0.5) is 9.59 Å². The van der Waals surface area contributed by atoms with Crippen LogP contribution in [0.5, 0.6) is 0 Å². The quantitative estimate of drug-likeness (QED) is 0.131. The molecule has 2 amide bonds. The van der Waals surface area contributed by atoms with Crippen LogP contribution < -0.4 is 10.6 Å². The Morgan fingerprint density at radius 2 is 0.947 bits per heavy atom. The molecular formula is C28H50N2O8. The van der Waals surface area contributed by atoms with Gasteiger partial charge in [0, 0.05) is 0 Å². The van der Waals surface area contributed by atoms with Gasteiger partial charge in [0.1, 0.15) is 23.3 Å². The second-order valence-electron chi connectivity index (χ2n) is 12.0. The summed E-state index contributed by atoms with van der Waals surface area (Å²) in [5.41, 5.74) is -1.33. The minimum absolute atomic E-state index is 0.149. The van der Waals surface area contributed by atoms with E-state index < -0.39 is 47.4 Å². The fourth-order valence-electron chi connectivity index (χ4n) is 3.16. The lowest BCUT2D eigenvalue weighted by atomic mass is 10.0. The maximum absolute atomic E-state index is 12.5. The Balaban J connectivity index is 4.52. The third-order valence-corrected chi connectivity index (χ3v) is 4.59. The summed E-state index contributed by atoms with van der Waals surface area (Å²) in [5, 5.41) is 5.18. The third-order valence-electron chi connectivity index (χ3n) is 4.59. The number of alkyl carbamates (subject to hydrolysis) is 2. The van der Waals surface area contributed by atoms with Gasteiger partial charge in [-0.15, -0.1) is 0 Å². The van der Waals surface area contributed by atoms with Gasteiger partial charge in [0.05, 0.1) is 13.2 Å². The Morgan fingerprint density at radius 1 is 0.632 bits per heavy atom. The summed E-state index contributed by atoms with van der Waals surface area (Å²) in [7, 11) is 0. The third kappa shape index (κ3) is 19.3. The predicted octanol–water partition coefficient (Wildman–Crippen LogP) is 5.29. The minimum atomic E-state index is -0.790. The molecule has 0 aromatic heterocycles. The van der Waals surface area contributed by atoms with Crippen molar-refractivity contribution < 1.29 is 38.1 Å². The zero-order valence-corrected chi connectivity index (χ0v) is 25.0. The molecule has 0 aromatic rings. The number of esters is 2. The lowest BCUT2D eigenvalue weighted by Gasteiger charge is -2.23. The molecule has 10 heteroatoms. The van der Waals surface area contributed by atoms with Crippen molar-refractivity contribution in [2.24, 2.45) is 11.8 Å². The number of amides is 2. The van der Waals surface area contributed by atoms with Gasteiger partial charge in [0.25, 0.3) is 0 Å². The lowest BCUT2D eigenvalue weighted by molar-refractivity contribution is -0.147. The average Bonchev–Trinajstić information content (AvgIpc) is 2.70. The summed E-state index contributed by atoms with van der Waals surface area (Å²) >= 11 is 0. The molecule has 0 aliphatic heterocycles. The van der Waals surface area contributed by atoms with Gasteiger partial charge in [-0.05, 0) is 79.1 Å². The van der Waals surface area contributed by atoms with E-state index in [4.69, 9.17) is 18.9 Å². The number of ether oxygens (including phenoxy) is 4. The molecule has 0 saturated heterocycles. The molecular weight excluding hydrogens is 492 g/mol. The van der Waals surface area contributed by atoms with Crippen molar-refractivity contribution in [3.8, 4) is 0 Å². The number of rotatable bonds is 14. The highest BCUT2D eigenvalue weighted by Crippen LogP contribution is 2.12. The van der Waals surface area contributed by atoms with Crippen LogP contribution in [0.15, 0.2) is 12.2 Å². The van der Waals surface area contributed by atoms with E-state index in [1.165, 1.54) is 0 Å². The summed E-state index contributed by atoms with van der Waals surface area (Å²) in [6.07, 6.45) is 4.13. The van der Waals surface area contributed by atoms with Crippen LogP contribution in [-0.4, -0.2) is 60.6 Å². The van der Waals surface area contributed by atoms with E-state index in [0.29, 0.717) is 25.7 Å². The second kappa shape index (κ2) is 16.9. The highest BCUT2D eigenvalue weighted by atomic mass is 16.6. The van der Waals surface area contributed by atoms with Gasteiger partial charge in [0.2, 0.25) is 0 Å². The predicted molar refractivity (Wildman–Crippen MR) is 146 cm³/mol. The molecule has 0 fully saturated rings. The van der Waals surface area contributed by atoms with E-state index in [9.17, 15) is 19.2 Å². The zero-order chi connectivity index (χ0) is 29.5. The van der Waals surface area contributed by atoms with E-state index in [1.54, 1.807) is 41.5 Å². The first-order chi connectivity index (χ1) is 17.4. The topological polar surface area (TPSA) is 129 Å². The fourth-order valence-corrected chi connectivity index (χ4v) is 3.16. The molecule has 0 rings (SSSR count). The Labute approximate surface area is 228 Å². The van der Waals surface area contributed by atoms with Crippen LogP contribution in [0.1, 0.15) is 94.9 Å². The summed E-state index contributed by atoms with van der Waals surface area (Å²) in [6, 6.07) is -1.58. The minimum Gasteiger partial charge on any atom is -0.464 e. The number of nitrogens with one attached hydrogen (secondary N) is 2. The van der Waals surface area contributed by atoms with Crippen LogP contribution >= 0.6 is 0 Å². The Hall–Kier alpha value is -2.78. The normalized spacial score (nSPS) is 13.7. The monoisotopic (exact) mass is 542 g/mol. The summed E-state index contributed by atoms with van der Waals surface area (Å²) < 4.78 is 21.1. The van der Waals surface area contributed by atoms with Gasteiger partial charge in [0.15, 0.2) is 0 Å². The maximum Gasteiger partial charge on any atom is 0.408 e. The van der Waals surface area contributed by atoms with Gasteiger partial charge in [-0.3, -0.25) is 0 Å². The number of hydrogen-bond acceptors (Lipinski definition) is 8. The highest BCUT2D eigenvalue weighted by Gasteiger charge is 2.27. The van der Waals surface area contributed by atoms with Crippen molar-refractivity contribution in [3.05, 3.63) is 12.2 Å². The molecule has 38 heavy (non-hydrogen) atoms. The van der Waals surface area contributed by atoms with E-state index in [-0.39, 0.29) is 25.0 Å². The molecule has 0 aliphatic carbocycles. The summed E-state index contributed by atoms with van der Waals surface area (Å²) in [4.78, 5) is 49.1. The summed E-state index contributed by atoms with van der Waals surface area (Å²) in [5.74, 6) is -0.685. The average molecular weight is 543 g/mol. The molecule has 0 aromatic carbocycles. The van der Waals surface area contributed by atoms with Crippen molar-refractivity contribution in [1.29, 1.82) is 0 Å². The van der Waals surface area contributed by atoms with Gasteiger partial charge in [-0.2, -0.15) is 0 Å². The first-order valence-electron chi connectivity index (χ1n) is 13.4. The van der Waals surface area contributed by atoms with Crippen molar-refractivity contribution in [2.45, 2.75) is 118 Å². The first kappa shape index (κ1) is 35.2. The molecule has 0 saturated carbocycles. The van der Waals surface area contributed by atoms with Crippen LogP contribution in [-0.2, 0) is 28.5 Å². The molecule has 10 nitrogen and oxygen atoms in total. The van der Waals surface area contributed by atoms with E-state index in [1.807, 2.05) is 39.8 Å². The largest absolute Gasteiger partial charge is 0.464 e. The summed E-state index contributed by atoms with van der Waals surface area (Å²) in [6.45, 7) is 18.6. The SMILES string of the molecule is CC(C)C[C@H](NC(=O)OC(C)(C)C)C(=O)OCC/C=C/CCOC(=O)[C@H](CC(C)C)NC(=O)OC(C)(C)C. The molecule has 0 radical (unpaired) electrons. The van der Waals surface area contributed by atoms with Gasteiger partial charge in [-0.25, -0.2) is 19.2 Å².